The Bertz CT molecular complexity index is 1140. The molecule has 0 saturated heterocycles. The number of aromatic nitrogens is 4. The van der Waals surface area contributed by atoms with Crippen LogP contribution in [0.3, 0.4) is 0 Å². The van der Waals surface area contributed by atoms with Crippen molar-refractivity contribution in [2.75, 3.05) is 0 Å². The first-order valence-corrected chi connectivity index (χ1v) is 12.9. The Morgan fingerprint density at radius 1 is 1.07 bits per heavy atom. The van der Waals surface area contributed by atoms with Crippen molar-refractivity contribution in [2.45, 2.75) is 50.6 Å². The van der Waals surface area contributed by atoms with Crippen LogP contribution in [-0.4, -0.2) is 19.7 Å². The molecule has 0 fully saturated rings. The number of benzene rings is 1. The molecule has 0 unspecified atom stereocenters. The number of halogens is 1. The fourth-order valence-corrected chi connectivity index (χ4v) is 6.19. The van der Waals surface area contributed by atoms with E-state index in [2.05, 4.69) is 59.3 Å². The van der Waals surface area contributed by atoms with Gasteiger partial charge in [0.15, 0.2) is 11.0 Å². The lowest BCUT2D eigenvalue weighted by atomic mass is 10.1. The van der Waals surface area contributed by atoms with Gasteiger partial charge in [-0.3, -0.25) is 4.57 Å². The molecule has 0 aliphatic heterocycles. The number of hydrogen-bond donors (Lipinski definition) is 0. The topological polar surface area (TPSA) is 43.6 Å². The number of thiazole rings is 1. The highest BCUT2D eigenvalue weighted by atomic mass is 35.5. The monoisotopic (exact) mass is 474 g/mol. The predicted molar refractivity (Wildman–Crippen MR) is 130 cm³/mol. The lowest BCUT2D eigenvalue weighted by Gasteiger charge is -2.12. The van der Waals surface area contributed by atoms with E-state index in [1.54, 1.807) is 34.4 Å². The first kappa shape index (κ1) is 21.6. The van der Waals surface area contributed by atoms with Crippen molar-refractivity contribution in [3.63, 3.8) is 0 Å². The van der Waals surface area contributed by atoms with Crippen molar-refractivity contribution in [1.29, 1.82) is 0 Å². The van der Waals surface area contributed by atoms with Crippen molar-refractivity contribution >= 4 is 46.0 Å². The highest BCUT2D eigenvalue weighted by molar-refractivity contribution is 7.98. The van der Waals surface area contributed by atoms with Crippen molar-refractivity contribution < 1.29 is 0 Å². The second-order valence-corrected chi connectivity index (χ2v) is 10.7. The lowest BCUT2D eigenvalue weighted by molar-refractivity contribution is 0.555. The molecule has 0 aliphatic rings. The van der Waals surface area contributed by atoms with Crippen LogP contribution in [0.1, 0.15) is 50.2 Å². The van der Waals surface area contributed by atoms with Crippen LogP contribution in [0.2, 0.25) is 5.02 Å². The van der Waals surface area contributed by atoms with Crippen LogP contribution >= 0.6 is 46.0 Å². The quantitative estimate of drug-likeness (QED) is 0.256. The van der Waals surface area contributed by atoms with E-state index in [0.29, 0.717) is 5.92 Å². The van der Waals surface area contributed by atoms with E-state index >= 15 is 0 Å². The lowest BCUT2D eigenvalue weighted by Crippen LogP contribution is -2.04. The summed E-state index contributed by atoms with van der Waals surface area (Å²) >= 11 is 11.4. The van der Waals surface area contributed by atoms with Crippen LogP contribution in [0.15, 0.2) is 46.2 Å². The smallest absolute Gasteiger partial charge is 0.192 e. The fourth-order valence-electron chi connectivity index (χ4n) is 3.08. The molecule has 4 aromatic rings. The third-order valence-electron chi connectivity index (χ3n) is 4.63. The molecule has 0 atom stereocenters. The molecule has 3 aromatic heterocycles. The highest BCUT2D eigenvalue weighted by Crippen LogP contribution is 2.35. The molecule has 0 saturated carbocycles. The van der Waals surface area contributed by atoms with Crippen LogP contribution in [0.5, 0.6) is 0 Å². The molecule has 0 aliphatic carbocycles. The van der Waals surface area contributed by atoms with Crippen LogP contribution in [0, 0.1) is 0 Å². The maximum Gasteiger partial charge on any atom is 0.192 e. The van der Waals surface area contributed by atoms with E-state index in [9.17, 15) is 0 Å². The first-order chi connectivity index (χ1) is 14.4. The van der Waals surface area contributed by atoms with Gasteiger partial charge in [-0.15, -0.1) is 32.9 Å². The van der Waals surface area contributed by atoms with Gasteiger partial charge in [0.2, 0.25) is 0 Å². The van der Waals surface area contributed by atoms with Crippen LogP contribution in [-0.2, 0) is 5.75 Å². The molecule has 0 spiro atoms. The van der Waals surface area contributed by atoms with Crippen molar-refractivity contribution in [1.82, 2.24) is 19.7 Å². The molecule has 0 N–H and O–H groups in total. The molecule has 0 radical (unpaired) electrons. The molecule has 3 heterocycles. The maximum atomic E-state index is 6.32. The summed E-state index contributed by atoms with van der Waals surface area (Å²) < 4.78 is 2.22. The minimum Gasteiger partial charge on any atom is -0.299 e. The summed E-state index contributed by atoms with van der Waals surface area (Å²) in [6.07, 6.45) is 0. The summed E-state index contributed by atoms with van der Waals surface area (Å²) in [5.74, 6) is 2.20. The second kappa shape index (κ2) is 9.22. The number of rotatable bonds is 7. The van der Waals surface area contributed by atoms with Crippen molar-refractivity contribution in [3.05, 3.63) is 56.7 Å². The van der Waals surface area contributed by atoms with Crippen molar-refractivity contribution in [2.24, 2.45) is 0 Å². The van der Waals surface area contributed by atoms with Gasteiger partial charge < -0.3 is 0 Å². The van der Waals surface area contributed by atoms with Gasteiger partial charge in [-0.2, -0.15) is 0 Å². The second-order valence-electron chi connectivity index (χ2n) is 7.57. The molecule has 1 aromatic carbocycles. The van der Waals surface area contributed by atoms with E-state index in [1.807, 2.05) is 24.3 Å². The highest BCUT2D eigenvalue weighted by Gasteiger charge is 2.19. The number of thioether (sulfide) groups is 1. The van der Waals surface area contributed by atoms with E-state index in [4.69, 9.17) is 16.6 Å². The Balaban J connectivity index is 1.54. The SMILES string of the molecule is CC(C)c1cc(-c2nnc(SCc3csc(-c4ccccc4Cl)n3)n2C(C)C)cs1. The Hall–Kier alpha value is -1.67. The maximum absolute atomic E-state index is 6.32. The Kier molecular flexibility index (Phi) is 6.63. The Morgan fingerprint density at radius 3 is 2.57 bits per heavy atom. The average molecular weight is 475 g/mol. The van der Waals surface area contributed by atoms with E-state index in [1.165, 1.54) is 4.88 Å². The zero-order valence-corrected chi connectivity index (χ0v) is 20.5. The molecule has 156 valence electrons. The summed E-state index contributed by atoms with van der Waals surface area (Å²) in [5.41, 5.74) is 3.15. The molecular formula is C22H23ClN4S3. The summed E-state index contributed by atoms with van der Waals surface area (Å²) in [6.45, 7) is 8.78. The van der Waals surface area contributed by atoms with Crippen molar-refractivity contribution in [3.8, 4) is 22.0 Å². The normalized spacial score (nSPS) is 11.7. The fraction of sp³-hybridized carbons (Fsp3) is 0.318. The van der Waals surface area contributed by atoms with Crippen LogP contribution < -0.4 is 0 Å². The largest absolute Gasteiger partial charge is 0.299 e. The molecule has 4 rings (SSSR count). The summed E-state index contributed by atoms with van der Waals surface area (Å²) in [5, 5.41) is 15.9. The van der Waals surface area contributed by atoms with Gasteiger partial charge >= 0.3 is 0 Å². The van der Waals surface area contributed by atoms with E-state index in [0.717, 1.165) is 43.6 Å². The van der Waals surface area contributed by atoms with Gasteiger partial charge in [-0.25, -0.2) is 4.98 Å². The predicted octanol–water partition coefficient (Wildman–Crippen LogP) is 7.78. The van der Waals surface area contributed by atoms with Gasteiger partial charge in [0, 0.05) is 38.6 Å². The van der Waals surface area contributed by atoms with E-state index < -0.39 is 0 Å². The average Bonchev–Trinajstić information content (AvgIpc) is 3.45. The zero-order valence-electron chi connectivity index (χ0n) is 17.3. The number of nitrogens with zero attached hydrogens (tertiary/aromatic N) is 4. The molecule has 0 amide bonds. The summed E-state index contributed by atoms with van der Waals surface area (Å²) in [6, 6.07) is 10.3. The summed E-state index contributed by atoms with van der Waals surface area (Å²) in [7, 11) is 0. The Labute approximate surface area is 194 Å². The third-order valence-corrected chi connectivity index (χ3v) is 8.10. The van der Waals surface area contributed by atoms with Gasteiger partial charge in [0.25, 0.3) is 0 Å². The molecule has 30 heavy (non-hydrogen) atoms. The van der Waals surface area contributed by atoms with Gasteiger partial charge in [-0.05, 0) is 31.9 Å². The van der Waals surface area contributed by atoms with Gasteiger partial charge in [-0.1, -0.05) is 55.4 Å². The minimum atomic E-state index is 0.272. The molecule has 0 bridgehead atoms. The molecule has 4 nitrogen and oxygen atoms in total. The third kappa shape index (κ3) is 4.49. The number of hydrogen-bond acceptors (Lipinski definition) is 6. The first-order valence-electron chi connectivity index (χ1n) is 9.79. The van der Waals surface area contributed by atoms with E-state index in [-0.39, 0.29) is 6.04 Å². The standard InChI is InChI=1S/C22H23ClN4S3/c1-13(2)19-9-15(10-28-19)20-25-26-22(27(20)14(3)4)30-12-16-11-29-21(24-16)17-7-5-6-8-18(17)23/h5-11,13-14H,12H2,1-4H3. The number of thiophene rings is 1. The molecular weight excluding hydrogens is 452 g/mol. The van der Waals surface area contributed by atoms with Crippen LogP contribution in [0.4, 0.5) is 0 Å². The minimum absolute atomic E-state index is 0.272. The van der Waals surface area contributed by atoms with Gasteiger partial charge in [0.05, 0.1) is 10.7 Å². The van der Waals surface area contributed by atoms with Gasteiger partial charge in [0.1, 0.15) is 5.01 Å². The summed E-state index contributed by atoms with van der Waals surface area (Å²) in [4.78, 5) is 6.14. The molecule has 8 heteroatoms. The van der Waals surface area contributed by atoms with Crippen LogP contribution in [0.25, 0.3) is 22.0 Å². The zero-order chi connectivity index (χ0) is 21.3. The Morgan fingerprint density at radius 2 is 1.87 bits per heavy atom.